The summed E-state index contributed by atoms with van der Waals surface area (Å²) in [4.78, 5) is -0.535. The molecule has 0 saturated carbocycles. The minimum absolute atomic E-state index is 0.0951. The Morgan fingerprint density at radius 2 is 1.31 bits per heavy atom. The van der Waals surface area contributed by atoms with Gasteiger partial charge in [-0.2, -0.15) is 0 Å². The van der Waals surface area contributed by atoms with Gasteiger partial charge in [-0.05, 0) is 12.1 Å². The molecular formula is C17H20FNO6S. The van der Waals surface area contributed by atoms with E-state index in [4.69, 9.17) is 18.9 Å². The number of methoxy groups -OCH3 is 4. The van der Waals surface area contributed by atoms with Gasteiger partial charge in [0.05, 0.1) is 34.1 Å². The van der Waals surface area contributed by atoms with Crippen molar-refractivity contribution in [1.29, 1.82) is 0 Å². The van der Waals surface area contributed by atoms with Gasteiger partial charge >= 0.3 is 0 Å². The van der Waals surface area contributed by atoms with Crippen molar-refractivity contribution in [2.24, 2.45) is 0 Å². The van der Waals surface area contributed by atoms with E-state index in [1.807, 2.05) is 0 Å². The number of sulfonamides is 1. The van der Waals surface area contributed by atoms with Crippen LogP contribution >= 0.6 is 0 Å². The summed E-state index contributed by atoms with van der Waals surface area (Å²) in [5, 5.41) is 0. The van der Waals surface area contributed by atoms with Crippen LogP contribution in [-0.4, -0.2) is 43.9 Å². The Morgan fingerprint density at radius 1 is 0.808 bits per heavy atom. The van der Waals surface area contributed by atoms with Gasteiger partial charge in [-0.25, -0.2) is 12.8 Å². The smallest absolute Gasteiger partial charge is 0.267 e. The third kappa shape index (κ3) is 3.48. The minimum atomic E-state index is -4.20. The summed E-state index contributed by atoms with van der Waals surface area (Å²) in [6.07, 6.45) is 0. The van der Waals surface area contributed by atoms with Crippen molar-refractivity contribution in [1.82, 2.24) is 0 Å². The lowest BCUT2D eigenvalue weighted by Crippen LogP contribution is -2.27. The zero-order valence-corrected chi connectivity index (χ0v) is 15.9. The van der Waals surface area contributed by atoms with Gasteiger partial charge in [0, 0.05) is 25.2 Å². The SMILES string of the molecule is COc1ccc(N(C)S(=O)(=O)c2cc(OC)c(OC)cc2F)cc1OC. The van der Waals surface area contributed by atoms with Crippen LogP contribution in [0.15, 0.2) is 35.2 Å². The monoisotopic (exact) mass is 385 g/mol. The third-order valence-corrected chi connectivity index (χ3v) is 5.61. The van der Waals surface area contributed by atoms with Crippen molar-refractivity contribution >= 4 is 15.7 Å². The van der Waals surface area contributed by atoms with E-state index in [2.05, 4.69) is 0 Å². The van der Waals surface area contributed by atoms with Gasteiger partial charge in [-0.1, -0.05) is 0 Å². The van der Waals surface area contributed by atoms with E-state index in [0.29, 0.717) is 11.5 Å². The molecular weight excluding hydrogens is 365 g/mol. The fraction of sp³-hybridized carbons (Fsp3) is 0.294. The molecule has 0 heterocycles. The molecule has 142 valence electrons. The molecule has 0 amide bonds. The van der Waals surface area contributed by atoms with E-state index in [1.165, 1.54) is 47.6 Å². The average molecular weight is 385 g/mol. The standard InChI is InChI=1S/C17H20FNO6S/c1-19(11-6-7-13(22-2)14(8-11)23-3)26(20,21)17-10-16(25-5)15(24-4)9-12(17)18/h6-10H,1-5H3. The fourth-order valence-electron chi connectivity index (χ4n) is 2.34. The molecule has 0 radical (unpaired) electrons. The summed E-state index contributed by atoms with van der Waals surface area (Å²) >= 11 is 0. The second kappa shape index (κ2) is 7.69. The highest BCUT2D eigenvalue weighted by atomic mass is 32.2. The highest BCUT2D eigenvalue weighted by Gasteiger charge is 2.28. The Labute approximate surface area is 151 Å². The van der Waals surface area contributed by atoms with E-state index in [1.54, 1.807) is 6.07 Å². The average Bonchev–Trinajstić information content (AvgIpc) is 2.66. The maximum atomic E-state index is 14.4. The Balaban J connectivity index is 2.53. The largest absolute Gasteiger partial charge is 0.493 e. The van der Waals surface area contributed by atoms with Crippen molar-refractivity contribution in [2.45, 2.75) is 4.90 Å². The van der Waals surface area contributed by atoms with Gasteiger partial charge < -0.3 is 18.9 Å². The molecule has 2 aromatic rings. The van der Waals surface area contributed by atoms with Crippen LogP contribution < -0.4 is 23.3 Å². The molecule has 0 aliphatic carbocycles. The number of rotatable bonds is 7. The van der Waals surface area contributed by atoms with Gasteiger partial charge in [0.25, 0.3) is 10.0 Å². The van der Waals surface area contributed by atoms with E-state index in [9.17, 15) is 12.8 Å². The number of benzene rings is 2. The number of halogens is 1. The molecule has 0 bridgehead atoms. The van der Waals surface area contributed by atoms with Crippen molar-refractivity contribution in [3.63, 3.8) is 0 Å². The normalized spacial score (nSPS) is 11.0. The van der Waals surface area contributed by atoms with Gasteiger partial charge in [-0.3, -0.25) is 4.31 Å². The van der Waals surface area contributed by atoms with Crippen LogP contribution in [0.25, 0.3) is 0 Å². The Kier molecular flexibility index (Phi) is 5.81. The second-order valence-electron chi connectivity index (χ2n) is 5.15. The molecule has 9 heteroatoms. The fourth-order valence-corrected chi connectivity index (χ4v) is 3.59. The van der Waals surface area contributed by atoms with Gasteiger partial charge in [0.1, 0.15) is 10.7 Å². The molecule has 0 N–H and O–H groups in total. The molecule has 0 aromatic heterocycles. The van der Waals surface area contributed by atoms with Crippen molar-refractivity contribution in [3.05, 3.63) is 36.1 Å². The molecule has 2 aromatic carbocycles. The van der Waals surface area contributed by atoms with Crippen LogP contribution in [0.4, 0.5) is 10.1 Å². The lowest BCUT2D eigenvalue weighted by molar-refractivity contribution is 0.350. The van der Waals surface area contributed by atoms with Crippen molar-refractivity contribution in [3.8, 4) is 23.0 Å². The lowest BCUT2D eigenvalue weighted by atomic mass is 10.3. The predicted octanol–water partition coefficient (Wildman–Crippen LogP) is 2.69. The van der Waals surface area contributed by atoms with E-state index < -0.39 is 20.7 Å². The number of ether oxygens (including phenoxy) is 4. The van der Waals surface area contributed by atoms with Crippen LogP contribution in [0.2, 0.25) is 0 Å². The van der Waals surface area contributed by atoms with Crippen LogP contribution in [0, 0.1) is 5.82 Å². The second-order valence-corrected chi connectivity index (χ2v) is 7.09. The summed E-state index contributed by atoms with van der Waals surface area (Å²) in [6.45, 7) is 0. The Bertz CT molecular complexity index is 900. The van der Waals surface area contributed by atoms with E-state index in [-0.39, 0.29) is 17.2 Å². The molecule has 26 heavy (non-hydrogen) atoms. The number of anilines is 1. The van der Waals surface area contributed by atoms with Gasteiger partial charge in [0.2, 0.25) is 0 Å². The number of hydrogen-bond acceptors (Lipinski definition) is 6. The molecule has 0 saturated heterocycles. The highest BCUT2D eigenvalue weighted by molar-refractivity contribution is 7.92. The van der Waals surface area contributed by atoms with Gasteiger partial charge in [0.15, 0.2) is 23.0 Å². The maximum Gasteiger partial charge on any atom is 0.267 e. The van der Waals surface area contributed by atoms with Crippen molar-refractivity contribution < 1.29 is 31.8 Å². The van der Waals surface area contributed by atoms with Crippen LogP contribution in [0.1, 0.15) is 0 Å². The molecule has 7 nitrogen and oxygen atoms in total. The topological polar surface area (TPSA) is 74.3 Å². The summed E-state index contributed by atoms with van der Waals surface area (Å²) < 4.78 is 61.5. The summed E-state index contributed by atoms with van der Waals surface area (Å²) in [7, 11) is 2.69. The molecule has 2 rings (SSSR count). The minimum Gasteiger partial charge on any atom is -0.493 e. The molecule has 0 fully saturated rings. The van der Waals surface area contributed by atoms with Crippen molar-refractivity contribution in [2.75, 3.05) is 39.8 Å². The molecule has 0 spiro atoms. The maximum absolute atomic E-state index is 14.4. The number of hydrogen-bond donors (Lipinski definition) is 0. The number of nitrogens with zero attached hydrogens (tertiary/aromatic N) is 1. The quantitative estimate of drug-likeness (QED) is 0.730. The first-order chi connectivity index (χ1) is 12.3. The van der Waals surface area contributed by atoms with E-state index >= 15 is 0 Å². The predicted molar refractivity (Wildman–Crippen MR) is 94.6 cm³/mol. The van der Waals surface area contributed by atoms with Crippen LogP contribution in [-0.2, 0) is 10.0 Å². The summed E-state index contributed by atoms with van der Waals surface area (Å²) in [5.74, 6) is 0.0417. The summed E-state index contributed by atoms with van der Waals surface area (Å²) in [6, 6.07) is 6.62. The third-order valence-electron chi connectivity index (χ3n) is 3.81. The lowest BCUT2D eigenvalue weighted by Gasteiger charge is -2.21. The first-order valence-electron chi connectivity index (χ1n) is 7.42. The molecule has 0 unspecified atom stereocenters. The molecule has 0 aliphatic heterocycles. The zero-order chi connectivity index (χ0) is 19.5. The molecule has 0 aliphatic rings. The zero-order valence-electron chi connectivity index (χ0n) is 15.1. The van der Waals surface area contributed by atoms with Gasteiger partial charge in [-0.15, -0.1) is 0 Å². The van der Waals surface area contributed by atoms with E-state index in [0.717, 1.165) is 16.4 Å². The van der Waals surface area contributed by atoms with Crippen LogP contribution in [0.5, 0.6) is 23.0 Å². The Morgan fingerprint density at radius 3 is 1.85 bits per heavy atom. The molecule has 0 atom stereocenters. The van der Waals surface area contributed by atoms with Crippen LogP contribution in [0.3, 0.4) is 0 Å². The Hall–Kier alpha value is -2.68. The first-order valence-corrected chi connectivity index (χ1v) is 8.86. The summed E-state index contributed by atoms with van der Waals surface area (Å²) in [5.41, 5.74) is 0.275. The first kappa shape index (κ1) is 19.6. The highest BCUT2D eigenvalue weighted by Crippen LogP contribution is 2.36.